The maximum absolute atomic E-state index is 12.5. The number of carbonyl (C=O) groups excluding carboxylic acids is 1. The van der Waals surface area contributed by atoms with Crippen LogP contribution in [0.2, 0.25) is 0 Å². The predicted molar refractivity (Wildman–Crippen MR) is 106 cm³/mol. The first kappa shape index (κ1) is 20.0. The fourth-order valence-corrected chi connectivity index (χ4v) is 3.95. The van der Waals surface area contributed by atoms with Gasteiger partial charge in [-0.05, 0) is 63.1 Å². The summed E-state index contributed by atoms with van der Waals surface area (Å²) in [6.45, 7) is 8.12. The van der Waals surface area contributed by atoms with Gasteiger partial charge in [0.25, 0.3) is 5.91 Å². The molecule has 0 spiro atoms. The van der Waals surface area contributed by atoms with Crippen molar-refractivity contribution < 1.29 is 13.2 Å². The smallest absolute Gasteiger partial charge is 0.251 e. The van der Waals surface area contributed by atoms with Crippen molar-refractivity contribution in [3.63, 3.8) is 0 Å². The fourth-order valence-electron chi connectivity index (χ4n) is 2.97. The maximum atomic E-state index is 12.5. The summed E-state index contributed by atoms with van der Waals surface area (Å²) in [7, 11) is -3.33. The largest absolute Gasteiger partial charge is 0.346 e. The second-order valence-electron chi connectivity index (χ2n) is 6.53. The lowest BCUT2D eigenvalue weighted by molar-refractivity contribution is 0.0940. The second-order valence-corrected chi connectivity index (χ2v) is 8.44. The van der Waals surface area contributed by atoms with E-state index in [1.807, 2.05) is 32.9 Å². The summed E-state index contributed by atoms with van der Waals surface area (Å²) in [6.07, 6.45) is 1.17. The van der Waals surface area contributed by atoms with Gasteiger partial charge in [0.05, 0.1) is 18.0 Å². The molecular weight excluding hydrogens is 348 g/mol. The van der Waals surface area contributed by atoms with Gasteiger partial charge in [-0.25, -0.2) is 8.42 Å². The highest BCUT2D eigenvalue weighted by Crippen LogP contribution is 2.21. The molecule has 0 saturated heterocycles. The molecule has 140 valence electrons. The Bertz CT molecular complexity index is 890. The summed E-state index contributed by atoms with van der Waals surface area (Å²) in [4.78, 5) is 12.5. The molecule has 26 heavy (non-hydrogen) atoms. The third-order valence-corrected chi connectivity index (χ3v) is 5.62. The summed E-state index contributed by atoms with van der Waals surface area (Å²) >= 11 is 0. The topological polar surface area (TPSA) is 66.5 Å². The number of nitrogens with one attached hydrogen (secondary N) is 1. The van der Waals surface area contributed by atoms with Gasteiger partial charge in [0.1, 0.15) is 0 Å². The van der Waals surface area contributed by atoms with Crippen LogP contribution in [0.25, 0.3) is 0 Å². The quantitative estimate of drug-likeness (QED) is 0.840. The second kappa shape index (κ2) is 7.91. The highest BCUT2D eigenvalue weighted by Gasteiger charge is 2.17. The van der Waals surface area contributed by atoms with Crippen LogP contribution in [-0.4, -0.2) is 27.1 Å². The number of aryl methyl sites for hydroxylation is 2. The highest BCUT2D eigenvalue weighted by molar-refractivity contribution is 7.92. The number of amides is 1. The van der Waals surface area contributed by atoms with Crippen LogP contribution >= 0.6 is 0 Å². The molecule has 0 unspecified atom stereocenters. The minimum absolute atomic E-state index is 0.120. The number of carbonyl (C=O) groups is 1. The number of anilines is 1. The Morgan fingerprint density at radius 3 is 2.27 bits per heavy atom. The summed E-state index contributed by atoms with van der Waals surface area (Å²) in [5, 5.41) is 3.00. The molecule has 1 atom stereocenters. The van der Waals surface area contributed by atoms with Crippen LogP contribution in [0, 0.1) is 13.8 Å². The summed E-state index contributed by atoms with van der Waals surface area (Å²) in [6, 6.07) is 12.7. The summed E-state index contributed by atoms with van der Waals surface area (Å²) in [5.74, 6) is -0.188. The van der Waals surface area contributed by atoms with Gasteiger partial charge >= 0.3 is 0 Å². The Kier molecular flexibility index (Phi) is 6.08. The van der Waals surface area contributed by atoms with Crippen molar-refractivity contribution in [2.45, 2.75) is 33.7 Å². The molecule has 5 nitrogen and oxygen atoms in total. The van der Waals surface area contributed by atoms with E-state index in [0.29, 0.717) is 17.8 Å². The molecule has 0 fully saturated rings. The first-order valence-corrected chi connectivity index (χ1v) is 10.4. The molecule has 1 amide bonds. The molecule has 2 aromatic rings. The van der Waals surface area contributed by atoms with E-state index in [-0.39, 0.29) is 11.9 Å². The highest BCUT2D eigenvalue weighted by atomic mass is 32.2. The zero-order chi connectivity index (χ0) is 19.5. The van der Waals surface area contributed by atoms with Crippen molar-refractivity contribution in [1.82, 2.24) is 5.32 Å². The third kappa shape index (κ3) is 4.64. The van der Waals surface area contributed by atoms with Crippen LogP contribution in [-0.2, 0) is 10.0 Å². The predicted octanol–water partition coefficient (Wildman–Crippen LogP) is 3.58. The van der Waals surface area contributed by atoms with E-state index < -0.39 is 10.0 Å². The summed E-state index contributed by atoms with van der Waals surface area (Å²) < 4.78 is 24.9. The molecule has 0 aliphatic heterocycles. The molecule has 0 aliphatic carbocycles. The molecule has 0 radical (unpaired) electrons. The lowest BCUT2D eigenvalue weighted by Crippen LogP contribution is -2.30. The van der Waals surface area contributed by atoms with E-state index in [1.54, 1.807) is 31.2 Å². The van der Waals surface area contributed by atoms with Gasteiger partial charge in [-0.1, -0.05) is 23.8 Å². The normalized spacial score (nSPS) is 12.5. The first-order chi connectivity index (χ1) is 12.1. The molecule has 0 aliphatic rings. The van der Waals surface area contributed by atoms with Crippen molar-refractivity contribution in [3.8, 4) is 0 Å². The molecule has 0 aromatic heterocycles. The third-order valence-electron chi connectivity index (χ3n) is 4.35. The Hall–Kier alpha value is -2.34. The lowest BCUT2D eigenvalue weighted by Gasteiger charge is -2.21. The van der Waals surface area contributed by atoms with E-state index >= 15 is 0 Å². The van der Waals surface area contributed by atoms with Gasteiger partial charge in [-0.15, -0.1) is 0 Å². The van der Waals surface area contributed by atoms with Gasteiger partial charge in [0.2, 0.25) is 10.0 Å². The van der Waals surface area contributed by atoms with Crippen LogP contribution in [0.3, 0.4) is 0 Å². The summed E-state index contributed by atoms with van der Waals surface area (Å²) in [5.41, 5.74) is 4.41. The van der Waals surface area contributed by atoms with E-state index in [2.05, 4.69) is 11.4 Å². The van der Waals surface area contributed by atoms with Gasteiger partial charge in [0, 0.05) is 12.1 Å². The maximum Gasteiger partial charge on any atom is 0.251 e. The van der Waals surface area contributed by atoms with Crippen molar-refractivity contribution in [3.05, 3.63) is 64.7 Å². The minimum Gasteiger partial charge on any atom is -0.346 e. The average Bonchev–Trinajstić information content (AvgIpc) is 2.57. The van der Waals surface area contributed by atoms with Crippen LogP contribution in [0.4, 0.5) is 5.69 Å². The Labute approximate surface area is 156 Å². The van der Waals surface area contributed by atoms with Gasteiger partial charge < -0.3 is 5.32 Å². The van der Waals surface area contributed by atoms with Crippen molar-refractivity contribution in [2.75, 3.05) is 17.1 Å². The average molecular weight is 375 g/mol. The number of nitrogens with zero attached hydrogens (tertiary/aromatic N) is 1. The van der Waals surface area contributed by atoms with E-state index in [0.717, 1.165) is 16.7 Å². The number of sulfonamides is 1. The first-order valence-electron chi connectivity index (χ1n) is 8.59. The van der Waals surface area contributed by atoms with Crippen molar-refractivity contribution in [1.29, 1.82) is 0 Å². The van der Waals surface area contributed by atoms with Gasteiger partial charge in [0.15, 0.2) is 0 Å². The Balaban J connectivity index is 2.16. The monoisotopic (exact) mass is 374 g/mol. The van der Waals surface area contributed by atoms with E-state index in [4.69, 9.17) is 0 Å². The molecular formula is C20H26N2O3S. The minimum atomic E-state index is -3.33. The molecule has 6 heteroatoms. The van der Waals surface area contributed by atoms with Crippen LogP contribution in [0.5, 0.6) is 0 Å². The number of hydrogen-bond donors (Lipinski definition) is 1. The number of rotatable bonds is 6. The van der Waals surface area contributed by atoms with E-state index in [1.165, 1.54) is 10.6 Å². The fraction of sp³-hybridized carbons (Fsp3) is 0.350. The molecule has 0 bridgehead atoms. The van der Waals surface area contributed by atoms with Crippen LogP contribution in [0.15, 0.2) is 42.5 Å². The Morgan fingerprint density at radius 1 is 1.12 bits per heavy atom. The molecule has 0 saturated carbocycles. The number of benzene rings is 2. The Morgan fingerprint density at radius 2 is 1.73 bits per heavy atom. The lowest BCUT2D eigenvalue weighted by atomic mass is 9.99. The molecule has 1 N–H and O–H groups in total. The van der Waals surface area contributed by atoms with Gasteiger partial charge in [-0.3, -0.25) is 9.10 Å². The molecule has 2 rings (SSSR count). The zero-order valence-electron chi connectivity index (χ0n) is 15.9. The molecule has 0 heterocycles. The van der Waals surface area contributed by atoms with Crippen molar-refractivity contribution in [2.24, 2.45) is 0 Å². The number of hydrogen-bond acceptors (Lipinski definition) is 3. The van der Waals surface area contributed by atoms with Gasteiger partial charge in [-0.2, -0.15) is 0 Å². The zero-order valence-corrected chi connectivity index (χ0v) is 16.7. The SMILES string of the molecule is CCN(c1ccc(C(=O)N[C@H](C)c2cc(C)ccc2C)cc1)S(C)(=O)=O. The standard InChI is InChI=1S/C20H26N2O3S/c1-6-22(26(5,24)25)18-11-9-17(10-12-18)20(23)21-16(4)19-13-14(2)7-8-15(19)3/h7-13,16H,6H2,1-5H3,(H,21,23)/t16-/m1/s1. The van der Waals surface area contributed by atoms with Crippen molar-refractivity contribution >= 4 is 21.6 Å². The molecule has 2 aromatic carbocycles. The van der Waals surface area contributed by atoms with Crippen LogP contribution in [0.1, 0.15) is 46.9 Å². The van der Waals surface area contributed by atoms with Crippen LogP contribution < -0.4 is 9.62 Å². The van der Waals surface area contributed by atoms with E-state index in [9.17, 15) is 13.2 Å².